The summed E-state index contributed by atoms with van der Waals surface area (Å²) in [5, 5.41) is 13.1. The number of aromatic nitrogens is 1. The molecule has 0 spiro atoms. The van der Waals surface area contributed by atoms with Crippen LogP contribution in [-0.4, -0.2) is 23.8 Å². The number of hydrogen-bond donors (Lipinski definition) is 1. The van der Waals surface area contributed by atoms with Crippen LogP contribution in [0.2, 0.25) is 0 Å². The topological polar surface area (TPSA) is 75.0 Å². The molecule has 0 unspecified atom stereocenters. The van der Waals surface area contributed by atoms with Gasteiger partial charge in [0.05, 0.1) is 24.1 Å². The van der Waals surface area contributed by atoms with Crippen molar-refractivity contribution in [1.82, 2.24) is 4.98 Å². The van der Waals surface area contributed by atoms with Crippen molar-refractivity contribution in [1.29, 1.82) is 5.26 Å². The zero-order valence-corrected chi connectivity index (χ0v) is 21.0. The smallest absolute Gasteiger partial charge is 0.270 e. The van der Waals surface area contributed by atoms with Gasteiger partial charge in [0.1, 0.15) is 16.8 Å². The van der Waals surface area contributed by atoms with Crippen LogP contribution in [0.5, 0.6) is 5.75 Å². The first-order valence-electron chi connectivity index (χ1n) is 11.3. The first-order chi connectivity index (χ1) is 17.8. The molecule has 37 heavy (non-hydrogen) atoms. The number of halogens is 2. The van der Waals surface area contributed by atoms with Gasteiger partial charge in [-0.25, -0.2) is 13.8 Å². The second-order valence-electron chi connectivity index (χ2n) is 8.25. The molecule has 8 heteroatoms. The maximum absolute atomic E-state index is 13.7. The standard InChI is InChI=1S/C29H23F2N3O2S/c1-29(30,31)21-9-6-10-22(15-21)33-27(35)18-37-28-25(17-32)24(19-11-13-23(36-2)14-12-19)16-26(34-28)20-7-4-3-5-8-20/h3-16H,18H2,1-2H3,(H,33,35). The lowest BCUT2D eigenvalue weighted by Crippen LogP contribution is -2.15. The molecular formula is C29H23F2N3O2S. The van der Waals surface area contributed by atoms with E-state index < -0.39 is 11.8 Å². The van der Waals surface area contributed by atoms with Gasteiger partial charge in [-0.2, -0.15) is 5.26 Å². The predicted molar refractivity (Wildman–Crippen MR) is 142 cm³/mol. The van der Waals surface area contributed by atoms with Crippen LogP contribution in [0.3, 0.4) is 0 Å². The predicted octanol–water partition coefficient (Wildman–Crippen LogP) is 7.14. The summed E-state index contributed by atoms with van der Waals surface area (Å²) in [7, 11) is 1.58. The van der Waals surface area contributed by atoms with Crippen molar-refractivity contribution >= 4 is 23.4 Å². The molecule has 4 rings (SSSR count). The minimum absolute atomic E-state index is 0.0608. The molecule has 0 aliphatic carbocycles. The quantitative estimate of drug-likeness (QED) is 0.253. The van der Waals surface area contributed by atoms with Gasteiger partial charge in [0, 0.05) is 29.3 Å². The number of amides is 1. The number of thioether (sulfide) groups is 1. The van der Waals surface area contributed by atoms with Crippen molar-refractivity contribution in [3.8, 4) is 34.2 Å². The second-order valence-corrected chi connectivity index (χ2v) is 9.21. The Morgan fingerprint density at radius 1 is 1.03 bits per heavy atom. The molecule has 5 nitrogen and oxygen atoms in total. The molecule has 0 saturated heterocycles. The molecule has 1 N–H and O–H groups in total. The molecule has 0 aliphatic rings. The molecule has 3 aromatic carbocycles. The lowest BCUT2D eigenvalue weighted by molar-refractivity contribution is -0.113. The summed E-state index contributed by atoms with van der Waals surface area (Å²) < 4.78 is 32.6. The Bertz CT molecular complexity index is 1450. The molecule has 0 saturated carbocycles. The average Bonchev–Trinajstić information content (AvgIpc) is 2.91. The highest BCUT2D eigenvalue weighted by atomic mass is 32.2. The molecule has 0 bridgehead atoms. The number of methoxy groups -OCH3 is 1. The van der Waals surface area contributed by atoms with Crippen LogP contribution in [0.4, 0.5) is 14.5 Å². The van der Waals surface area contributed by atoms with Crippen LogP contribution in [0.25, 0.3) is 22.4 Å². The molecule has 1 amide bonds. The van der Waals surface area contributed by atoms with Crippen molar-refractivity contribution in [3.05, 3.63) is 96.1 Å². The van der Waals surface area contributed by atoms with Gasteiger partial charge in [-0.3, -0.25) is 4.79 Å². The summed E-state index contributed by atoms with van der Waals surface area (Å²) in [6.07, 6.45) is 0. The molecule has 0 fully saturated rings. The summed E-state index contributed by atoms with van der Waals surface area (Å²) in [5.74, 6) is -2.79. The number of carbonyl (C=O) groups excluding carboxylic acids is 1. The van der Waals surface area contributed by atoms with E-state index in [1.54, 1.807) is 13.2 Å². The van der Waals surface area contributed by atoms with Gasteiger partial charge in [0.25, 0.3) is 5.92 Å². The van der Waals surface area contributed by atoms with Crippen molar-refractivity contribution in [3.63, 3.8) is 0 Å². The third-order valence-corrected chi connectivity index (χ3v) is 6.54. The number of rotatable bonds is 8. The highest BCUT2D eigenvalue weighted by Crippen LogP contribution is 2.35. The lowest BCUT2D eigenvalue weighted by Gasteiger charge is -2.14. The van der Waals surface area contributed by atoms with Gasteiger partial charge < -0.3 is 10.1 Å². The van der Waals surface area contributed by atoms with E-state index in [4.69, 9.17) is 9.72 Å². The Labute approximate surface area is 218 Å². The van der Waals surface area contributed by atoms with Crippen molar-refractivity contribution in [2.24, 2.45) is 0 Å². The van der Waals surface area contributed by atoms with Crippen LogP contribution < -0.4 is 10.1 Å². The summed E-state index contributed by atoms with van der Waals surface area (Å²) >= 11 is 1.12. The Hall–Kier alpha value is -4.22. The minimum atomic E-state index is -3.02. The number of hydrogen-bond acceptors (Lipinski definition) is 5. The van der Waals surface area contributed by atoms with E-state index in [2.05, 4.69) is 11.4 Å². The maximum Gasteiger partial charge on any atom is 0.270 e. The Kier molecular flexibility index (Phi) is 7.85. The zero-order valence-electron chi connectivity index (χ0n) is 20.2. The van der Waals surface area contributed by atoms with Crippen LogP contribution >= 0.6 is 11.8 Å². The van der Waals surface area contributed by atoms with E-state index in [1.165, 1.54) is 18.2 Å². The second kappa shape index (κ2) is 11.2. The first-order valence-corrected chi connectivity index (χ1v) is 12.3. The largest absolute Gasteiger partial charge is 0.497 e. The van der Waals surface area contributed by atoms with E-state index in [1.807, 2.05) is 60.7 Å². The van der Waals surface area contributed by atoms with Gasteiger partial charge >= 0.3 is 0 Å². The van der Waals surface area contributed by atoms with Gasteiger partial charge in [0.2, 0.25) is 5.91 Å². The van der Waals surface area contributed by atoms with E-state index in [9.17, 15) is 18.8 Å². The minimum Gasteiger partial charge on any atom is -0.497 e. The monoisotopic (exact) mass is 515 g/mol. The molecule has 1 heterocycles. The summed E-state index contributed by atoms with van der Waals surface area (Å²) in [6.45, 7) is 0.805. The van der Waals surface area contributed by atoms with Crippen LogP contribution in [0, 0.1) is 11.3 Å². The van der Waals surface area contributed by atoms with Gasteiger partial charge in [0.15, 0.2) is 0 Å². The highest BCUT2D eigenvalue weighted by molar-refractivity contribution is 8.00. The number of benzene rings is 3. The number of alkyl halides is 2. The van der Waals surface area contributed by atoms with E-state index in [0.29, 0.717) is 27.6 Å². The third-order valence-electron chi connectivity index (χ3n) is 5.56. The third kappa shape index (κ3) is 6.32. The molecule has 1 aromatic heterocycles. The number of pyridine rings is 1. The normalized spacial score (nSPS) is 11.0. The van der Waals surface area contributed by atoms with Gasteiger partial charge in [-0.1, -0.05) is 66.4 Å². The number of nitriles is 1. The van der Waals surface area contributed by atoms with Gasteiger partial charge in [-0.05, 0) is 35.9 Å². The number of carbonyl (C=O) groups is 1. The fourth-order valence-electron chi connectivity index (χ4n) is 3.69. The Morgan fingerprint density at radius 3 is 2.41 bits per heavy atom. The fraction of sp³-hybridized carbons (Fsp3) is 0.138. The van der Waals surface area contributed by atoms with Crippen molar-refractivity contribution in [2.75, 3.05) is 18.2 Å². The van der Waals surface area contributed by atoms with E-state index in [0.717, 1.165) is 29.8 Å². The lowest BCUT2D eigenvalue weighted by atomic mass is 9.99. The van der Waals surface area contributed by atoms with Crippen LogP contribution in [-0.2, 0) is 10.7 Å². The Balaban J connectivity index is 1.64. The van der Waals surface area contributed by atoms with Crippen LogP contribution in [0.1, 0.15) is 18.1 Å². The molecule has 4 aromatic rings. The van der Waals surface area contributed by atoms with Crippen molar-refractivity contribution < 1.29 is 18.3 Å². The van der Waals surface area contributed by atoms with Crippen molar-refractivity contribution in [2.45, 2.75) is 17.9 Å². The summed E-state index contributed by atoms with van der Waals surface area (Å²) in [4.78, 5) is 17.4. The fourth-order valence-corrected chi connectivity index (χ4v) is 4.49. The zero-order chi connectivity index (χ0) is 26.4. The highest BCUT2D eigenvalue weighted by Gasteiger charge is 2.24. The molecular weight excluding hydrogens is 492 g/mol. The maximum atomic E-state index is 13.7. The number of nitrogens with one attached hydrogen (secondary N) is 1. The summed E-state index contributed by atoms with van der Waals surface area (Å²) in [6, 6.07) is 26.6. The molecule has 186 valence electrons. The van der Waals surface area contributed by atoms with E-state index >= 15 is 0 Å². The number of nitrogens with zero attached hydrogens (tertiary/aromatic N) is 2. The number of ether oxygens (including phenoxy) is 1. The molecule has 0 atom stereocenters. The first kappa shape index (κ1) is 25.9. The SMILES string of the molecule is COc1ccc(-c2cc(-c3ccccc3)nc(SCC(=O)Nc3cccc(C(C)(F)F)c3)c2C#N)cc1. The number of anilines is 1. The van der Waals surface area contributed by atoms with Gasteiger partial charge in [-0.15, -0.1) is 0 Å². The molecule has 0 aliphatic heterocycles. The molecule has 0 radical (unpaired) electrons. The summed E-state index contributed by atoms with van der Waals surface area (Å²) in [5.41, 5.74) is 3.44. The van der Waals surface area contributed by atoms with E-state index in [-0.39, 0.29) is 17.0 Å². The Morgan fingerprint density at radius 2 is 1.76 bits per heavy atom. The average molecular weight is 516 g/mol. The van der Waals surface area contributed by atoms with Crippen LogP contribution in [0.15, 0.2) is 90.0 Å².